The number of aliphatic imine (C=N–C) groups is 1. The Bertz CT molecular complexity index is 924. The zero-order chi connectivity index (χ0) is 19.9. The van der Waals surface area contributed by atoms with Crippen LogP contribution >= 0.6 is 23.4 Å². The smallest absolute Gasteiger partial charge is 0.344 e. The molecule has 8 heteroatoms. The zero-order valence-electron chi connectivity index (χ0n) is 15.0. The van der Waals surface area contributed by atoms with Gasteiger partial charge >= 0.3 is 5.97 Å². The van der Waals surface area contributed by atoms with Crippen LogP contribution in [0, 0.1) is 0 Å². The van der Waals surface area contributed by atoms with E-state index in [0.29, 0.717) is 33.1 Å². The SMILES string of the molecule is CCOC(=O)COc1ccc(C=C2SC(=Nc3ccc(Cl)cc3)NC2=O)cc1. The number of esters is 1. The number of carbonyl (C=O) groups is 2. The number of ether oxygens (including phenoxy) is 2. The van der Waals surface area contributed by atoms with E-state index < -0.39 is 5.97 Å². The molecule has 2 aromatic rings. The molecule has 0 atom stereocenters. The molecule has 0 aliphatic carbocycles. The molecular formula is C20H17ClN2O4S. The molecule has 2 aromatic carbocycles. The Morgan fingerprint density at radius 1 is 1.18 bits per heavy atom. The van der Waals surface area contributed by atoms with Crippen LogP contribution in [0.5, 0.6) is 5.75 Å². The molecule has 3 rings (SSSR count). The number of hydrogen-bond acceptors (Lipinski definition) is 6. The number of carbonyl (C=O) groups excluding carboxylic acids is 2. The molecular weight excluding hydrogens is 400 g/mol. The van der Waals surface area contributed by atoms with Crippen LogP contribution in [0.1, 0.15) is 12.5 Å². The van der Waals surface area contributed by atoms with E-state index in [1.165, 1.54) is 11.8 Å². The monoisotopic (exact) mass is 416 g/mol. The first kappa shape index (κ1) is 20.0. The maximum Gasteiger partial charge on any atom is 0.344 e. The lowest BCUT2D eigenvalue weighted by Gasteiger charge is -2.05. The van der Waals surface area contributed by atoms with Crippen molar-refractivity contribution in [2.45, 2.75) is 6.92 Å². The van der Waals surface area contributed by atoms with Crippen LogP contribution in [0.25, 0.3) is 6.08 Å². The largest absolute Gasteiger partial charge is 0.482 e. The summed E-state index contributed by atoms with van der Waals surface area (Å²) in [4.78, 5) is 28.4. The second-order valence-electron chi connectivity index (χ2n) is 5.62. The highest BCUT2D eigenvalue weighted by molar-refractivity contribution is 8.18. The molecule has 28 heavy (non-hydrogen) atoms. The van der Waals surface area contributed by atoms with Gasteiger partial charge in [-0.3, -0.25) is 4.79 Å². The summed E-state index contributed by atoms with van der Waals surface area (Å²) < 4.78 is 10.2. The number of rotatable bonds is 6. The summed E-state index contributed by atoms with van der Waals surface area (Å²) in [6.07, 6.45) is 1.76. The van der Waals surface area contributed by atoms with Crippen LogP contribution in [-0.4, -0.2) is 30.3 Å². The molecule has 0 saturated carbocycles. The number of hydrogen-bond donors (Lipinski definition) is 1. The number of nitrogens with one attached hydrogen (secondary N) is 1. The first-order chi connectivity index (χ1) is 13.5. The molecule has 0 radical (unpaired) electrons. The van der Waals surface area contributed by atoms with E-state index in [-0.39, 0.29) is 12.5 Å². The summed E-state index contributed by atoms with van der Waals surface area (Å²) >= 11 is 7.12. The van der Waals surface area contributed by atoms with Crippen LogP contribution in [0.4, 0.5) is 5.69 Å². The Hall–Kier alpha value is -2.77. The number of amides is 1. The number of amidine groups is 1. The number of nitrogens with zero attached hydrogens (tertiary/aromatic N) is 1. The molecule has 144 valence electrons. The minimum Gasteiger partial charge on any atom is -0.482 e. The molecule has 0 spiro atoms. The second-order valence-corrected chi connectivity index (χ2v) is 7.09. The van der Waals surface area contributed by atoms with Gasteiger partial charge < -0.3 is 14.8 Å². The van der Waals surface area contributed by atoms with Gasteiger partial charge in [-0.1, -0.05) is 23.7 Å². The quantitative estimate of drug-likeness (QED) is 0.564. The Labute approximate surface area is 171 Å². The summed E-state index contributed by atoms with van der Waals surface area (Å²) in [6.45, 7) is 1.91. The molecule has 1 saturated heterocycles. The van der Waals surface area contributed by atoms with Gasteiger partial charge in [-0.25, -0.2) is 9.79 Å². The molecule has 6 nitrogen and oxygen atoms in total. The fourth-order valence-electron chi connectivity index (χ4n) is 2.27. The first-order valence-corrected chi connectivity index (χ1v) is 9.66. The highest BCUT2D eigenvalue weighted by atomic mass is 35.5. The van der Waals surface area contributed by atoms with Crippen molar-refractivity contribution in [3.05, 3.63) is 64.0 Å². The van der Waals surface area contributed by atoms with E-state index in [9.17, 15) is 9.59 Å². The predicted molar refractivity (Wildman–Crippen MR) is 111 cm³/mol. The van der Waals surface area contributed by atoms with E-state index >= 15 is 0 Å². The molecule has 1 aliphatic rings. The van der Waals surface area contributed by atoms with Gasteiger partial charge in [0.2, 0.25) is 0 Å². The van der Waals surface area contributed by atoms with Crippen molar-refractivity contribution in [3.8, 4) is 5.75 Å². The lowest BCUT2D eigenvalue weighted by Crippen LogP contribution is -2.19. The summed E-state index contributed by atoms with van der Waals surface area (Å²) in [6, 6.07) is 14.1. The van der Waals surface area contributed by atoms with E-state index in [1.807, 2.05) is 0 Å². The van der Waals surface area contributed by atoms with Crippen molar-refractivity contribution in [3.63, 3.8) is 0 Å². The minimum atomic E-state index is -0.416. The predicted octanol–water partition coefficient (Wildman–Crippen LogP) is 4.17. The average Bonchev–Trinajstić information content (AvgIpc) is 3.02. The number of thioether (sulfide) groups is 1. The molecule has 1 amide bonds. The molecule has 0 aromatic heterocycles. The summed E-state index contributed by atoms with van der Waals surface area (Å²) in [7, 11) is 0. The maximum atomic E-state index is 12.2. The number of halogens is 1. The van der Waals surface area contributed by atoms with E-state index in [2.05, 4.69) is 10.3 Å². The topological polar surface area (TPSA) is 77.0 Å². The van der Waals surface area contributed by atoms with Crippen molar-refractivity contribution >= 4 is 52.2 Å². The third-order valence-electron chi connectivity index (χ3n) is 3.55. The lowest BCUT2D eigenvalue weighted by molar-refractivity contribution is -0.145. The third kappa shape index (κ3) is 5.61. The second kappa shape index (κ2) is 9.43. The van der Waals surface area contributed by atoms with E-state index in [1.54, 1.807) is 61.5 Å². The highest BCUT2D eigenvalue weighted by Crippen LogP contribution is 2.28. The fourth-order valence-corrected chi connectivity index (χ4v) is 3.24. The Morgan fingerprint density at radius 2 is 1.89 bits per heavy atom. The Morgan fingerprint density at radius 3 is 2.57 bits per heavy atom. The third-order valence-corrected chi connectivity index (χ3v) is 4.71. The van der Waals surface area contributed by atoms with Crippen LogP contribution < -0.4 is 10.1 Å². The zero-order valence-corrected chi connectivity index (χ0v) is 16.5. The van der Waals surface area contributed by atoms with Gasteiger partial charge in [0.05, 0.1) is 17.2 Å². The molecule has 1 N–H and O–H groups in total. The van der Waals surface area contributed by atoms with E-state index in [0.717, 1.165) is 5.56 Å². The average molecular weight is 417 g/mol. The van der Waals surface area contributed by atoms with Gasteiger partial charge in [0, 0.05) is 5.02 Å². The van der Waals surface area contributed by atoms with Gasteiger partial charge in [0.15, 0.2) is 11.8 Å². The minimum absolute atomic E-state index is 0.142. The van der Waals surface area contributed by atoms with Crippen LogP contribution in [-0.2, 0) is 14.3 Å². The van der Waals surface area contributed by atoms with Crippen molar-refractivity contribution < 1.29 is 19.1 Å². The Balaban J connectivity index is 1.64. The molecule has 0 unspecified atom stereocenters. The van der Waals surface area contributed by atoms with Crippen LogP contribution in [0.15, 0.2) is 58.4 Å². The van der Waals surface area contributed by atoms with Crippen LogP contribution in [0.2, 0.25) is 5.02 Å². The van der Waals surface area contributed by atoms with Gasteiger partial charge in [-0.05, 0) is 66.7 Å². The lowest BCUT2D eigenvalue weighted by atomic mass is 10.2. The van der Waals surface area contributed by atoms with Crippen molar-refractivity contribution in [2.75, 3.05) is 13.2 Å². The van der Waals surface area contributed by atoms with Gasteiger partial charge in [0.1, 0.15) is 5.75 Å². The maximum absolute atomic E-state index is 12.2. The van der Waals surface area contributed by atoms with E-state index in [4.69, 9.17) is 21.1 Å². The normalized spacial score (nSPS) is 16.3. The van der Waals surface area contributed by atoms with Gasteiger partial charge in [-0.2, -0.15) is 0 Å². The highest BCUT2D eigenvalue weighted by Gasteiger charge is 2.23. The Kier molecular flexibility index (Phi) is 6.73. The molecule has 1 fully saturated rings. The summed E-state index contributed by atoms with van der Waals surface area (Å²) in [5.74, 6) is -0.0794. The molecule has 1 heterocycles. The van der Waals surface area contributed by atoms with Gasteiger partial charge in [0.25, 0.3) is 5.91 Å². The van der Waals surface area contributed by atoms with Gasteiger partial charge in [-0.15, -0.1) is 0 Å². The molecule has 1 aliphatic heterocycles. The van der Waals surface area contributed by atoms with Crippen molar-refractivity contribution in [2.24, 2.45) is 4.99 Å². The van der Waals surface area contributed by atoms with Crippen molar-refractivity contribution in [1.82, 2.24) is 5.32 Å². The number of benzene rings is 2. The summed E-state index contributed by atoms with van der Waals surface area (Å²) in [5, 5.41) is 3.87. The van der Waals surface area contributed by atoms with Crippen molar-refractivity contribution in [1.29, 1.82) is 0 Å². The van der Waals surface area contributed by atoms with Crippen LogP contribution in [0.3, 0.4) is 0 Å². The molecule has 0 bridgehead atoms. The first-order valence-electron chi connectivity index (χ1n) is 8.47. The standard InChI is InChI=1S/C20H17ClN2O4S/c1-2-26-18(24)12-27-16-9-3-13(4-10-16)11-17-19(25)23-20(28-17)22-15-7-5-14(21)6-8-15/h3-11H,2,12H2,1H3,(H,22,23,25). The fraction of sp³-hybridized carbons (Fsp3) is 0.150. The summed E-state index contributed by atoms with van der Waals surface area (Å²) in [5.41, 5.74) is 1.53.